The van der Waals surface area contributed by atoms with E-state index < -0.39 is 0 Å². The monoisotopic (exact) mass is 237 g/mol. The standard InChI is InChI=1S/C17H19N/c1-13-5-7-14(8-6-13)11-16-4-2-3-15-9-10-18-12-17(15)16/h2-8,18H,9-12H2,1H3. The summed E-state index contributed by atoms with van der Waals surface area (Å²) in [5, 5.41) is 3.48. The second-order valence-electron chi connectivity index (χ2n) is 5.14. The van der Waals surface area contributed by atoms with Crippen molar-refractivity contribution in [1.82, 2.24) is 5.32 Å². The predicted octanol–water partition coefficient (Wildman–Crippen LogP) is 3.23. The van der Waals surface area contributed by atoms with Crippen LogP contribution < -0.4 is 5.32 Å². The van der Waals surface area contributed by atoms with Crippen molar-refractivity contribution in [1.29, 1.82) is 0 Å². The Morgan fingerprint density at radius 3 is 2.72 bits per heavy atom. The maximum Gasteiger partial charge on any atom is 0.0211 e. The smallest absolute Gasteiger partial charge is 0.0211 e. The lowest BCUT2D eigenvalue weighted by Gasteiger charge is -2.20. The predicted molar refractivity (Wildman–Crippen MR) is 75.8 cm³/mol. The second kappa shape index (κ2) is 4.95. The quantitative estimate of drug-likeness (QED) is 0.845. The van der Waals surface area contributed by atoms with Crippen molar-refractivity contribution in [2.24, 2.45) is 0 Å². The molecule has 0 unspecified atom stereocenters. The fraction of sp³-hybridized carbons (Fsp3) is 0.294. The van der Waals surface area contributed by atoms with Gasteiger partial charge in [0, 0.05) is 6.54 Å². The first kappa shape index (κ1) is 11.5. The highest BCUT2D eigenvalue weighted by atomic mass is 14.9. The van der Waals surface area contributed by atoms with Gasteiger partial charge in [-0.05, 0) is 48.6 Å². The van der Waals surface area contributed by atoms with E-state index in [1.165, 1.54) is 27.8 Å². The first-order valence-electron chi connectivity index (χ1n) is 6.69. The van der Waals surface area contributed by atoms with Crippen LogP contribution in [0.1, 0.15) is 27.8 Å². The van der Waals surface area contributed by atoms with Crippen LogP contribution in [-0.4, -0.2) is 6.54 Å². The second-order valence-corrected chi connectivity index (χ2v) is 5.14. The van der Waals surface area contributed by atoms with Crippen LogP contribution in [0.3, 0.4) is 0 Å². The molecular formula is C17H19N. The van der Waals surface area contributed by atoms with Gasteiger partial charge in [0.2, 0.25) is 0 Å². The van der Waals surface area contributed by atoms with Gasteiger partial charge in [-0.25, -0.2) is 0 Å². The summed E-state index contributed by atoms with van der Waals surface area (Å²) in [7, 11) is 0. The van der Waals surface area contributed by atoms with Gasteiger partial charge in [-0.3, -0.25) is 0 Å². The van der Waals surface area contributed by atoms with Gasteiger partial charge in [-0.1, -0.05) is 48.0 Å². The Kier molecular flexibility index (Phi) is 3.16. The summed E-state index contributed by atoms with van der Waals surface area (Å²) in [6, 6.07) is 15.6. The summed E-state index contributed by atoms with van der Waals surface area (Å²) in [6.07, 6.45) is 2.21. The molecule has 1 nitrogen and oxygen atoms in total. The van der Waals surface area contributed by atoms with Crippen molar-refractivity contribution < 1.29 is 0 Å². The van der Waals surface area contributed by atoms with Crippen LogP contribution in [0, 0.1) is 6.92 Å². The molecule has 1 heterocycles. The Balaban J connectivity index is 1.90. The maximum absolute atomic E-state index is 3.48. The average Bonchev–Trinajstić information content (AvgIpc) is 2.42. The van der Waals surface area contributed by atoms with Crippen LogP contribution in [-0.2, 0) is 19.4 Å². The molecule has 3 rings (SSSR count). The number of hydrogen-bond acceptors (Lipinski definition) is 1. The molecule has 18 heavy (non-hydrogen) atoms. The van der Waals surface area contributed by atoms with Gasteiger partial charge in [0.15, 0.2) is 0 Å². The average molecular weight is 237 g/mol. The third kappa shape index (κ3) is 2.32. The van der Waals surface area contributed by atoms with Crippen LogP contribution in [0.2, 0.25) is 0 Å². The fourth-order valence-corrected chi connectivity index (χ4v) is 2.68. The molecule has 0 saturated heterocycles. The SMILES string of the molecule is Cc1ccc(Cc2cccc3c2CNCC3)cc1. The van der Waals surface area contributed by atoms with Gasteiger partial charge in [0.25, 0.3) is 0 Å². The van der Waals surface area contributed by atoms with Crippen molar-refractivity contribution in [3.05, 3.63) is 70.3 Å². The number of benzene rings is 2. The van der Waals surface area contributed by atoms with E-state index in [0.717, 1.165) is 25.9 Å². The summed E-state index contributed by atoms with van der Waals surface area (Å²) in [4.78, 5) is 0. The molecule has 0 bridgehead atoms. The van der Waals surface area contributed by atoms with Gasteiger partial charge >= 0.3 is 0 Å². The van der Waals surface area contributed by atoms with Crippen LogP contribution in [0.4, 0.5) is 0 Å². The first-order chi connectivity index (χ1) is 8.83. The Hall–Kier alpha value is -1.60. The number of nitrogens with one attached hydrogen (secondary N) is 1. The third-order valence-electron chi connectivity index (χ3n) is 3.76. The zero-order valence-electron chi connectivity index (χ0n) is 10.9. The minimum Gasteiger partial charge on any atom is -0.312 e. The Labute approximate surface area is 109 Å². The van der Waals surface area contributed by atoms with Crippen molar-refractivity contribution in [3.63, 3.8) is 0 Å². The molecule has 0 spiro atoms. The minimum atomic E-state index is 1.03. The molecule has 0 amide bonds. The van der Waals surface area contributed by atoms with Crippen molar-refractivity contribution >= 4 is 0 Å². The molecule has 0 aliphatic carbocycles. The van der Waals surface area contributed by atoms with Crippen LogP contribution in [0.5, 0.6) is 0 Å². The number of rotatable bonds is 2. The van der Waals surface area contributed by atoms with Gasteiger partial charge in [-0.15, -0.1) is 0 Å². The molecule has 1 heteroatoms. The molecular weight excluding hydrogens is 218 g/mol. The summed E-state index contributed by atoms with van der Waals surface area (Å²) < 4.78 is 0. The molecule has 2 aromatic carbocycles. The van der Waals surface area contributed by atoms with E-state index in [4.69, 9.17) is 0 Å². The molecule has 0 saturated carbocycles. The van der Waals surface area contributed by atoms with E-state index in [1.54, 1.807) is 0 Å². The van der Waals surface area contributed by atoms with Gasteiger partial charge < -0.3 is 5.32 Å². The normalized spacial score (nSPS) is 14.3. The highest BCUT2D eigenvalue weighted by Crippen LogP contribution is 2.21. The van der Waals surface area contributed by atoms with Crippen molar-refractivity contribution in [3.8, 4) is 0 Å². The van der Waals surface area contributed by atoms with E-state index >= 15 is 0 Å². The lowest BCUT2D eigenvalue weighted by Crippen LogP contribution is -2.24. The summed E-state index contributed by atoms with van der Waals surface area (Å²) in [5.74, 6) is 0. The Morgan fingerprint density at radius 2 is 1.89 bits per heavy atom. The Bertz CT molecular complexity index is 540. The van der Waals surface area contributed by atoms with Crippen molar-refractivity contribution in [2.45, 2.75) is 26.3 Å². The fourth-order valence-electron chi connectivity index (χ4n) is 2.68. The molecule has 1 N–H and O–H groups in total. The number of hydrogen-bond donors (Lipinski definition) is 1. The van der Waals surface area contributed by atoms with E-state index in [9.17, 15) is 0 Å². The summed E-state index contributed by atoms with van der Waals surface area (Å²) in [5.41, 5.74) is 7.25. The largest absolute Gasteiger partial charge is 0.312 e. The van der Waals surface area contributed by atoms with Gasteiger partial charge in [0.05, 0.1) is 0 Å². The zero-order chi connectivity index (χ0) is 12.4. The van der Waals surface area contributed by atoms with Gasteiger partial charge in [0.1, 0.15) is 0 Å². The lowest BCUT2D eigenvalue weighted by molar-refractivity contribution is 0.639. The molecule has 92 valence electrons. The molecule has 0 aromatic heterocycles. The third-order valence-corrected chi connectivity index (χ3v) is 3.76. The lowest BCUT2D eigenvalue weighted by atomic mass is 9.92. The first-order valence-corrected chi connectivity index (χ1v) is 6.69. The molecule has 1 aliphatic rings. The van der Waals surface area contributed by atoms with E-state index in [2.05, 4.69) is 54.7 Å². The highest BCUT2D eigenvalue weighted by molar-refractivity contribution is 5.40. The Morgan fingerprint density at radius 1 is 1.06 bits per heavy atom. The number of fused-ring (bicyclic) bond motifs is 1. The topological polar surface area (TPSA) is 12.0 Å². The highest BCUT2D eigenvalue weighted by Gasteiger charge is 2.12. The maximum atomic E-state index is 3.48. The van der Waals surface area contributed by atoms with Crippen LogP contribution >= 0.6 is 0 Å². The summed E-state index contributed by atoms with van der Waals surface area (Å²) in [6.45, 7) is 4.27. The van der Waals surface area contributed by atoms with Crippen LogP contribution in [0.25, 0.3) is 0 Å². The minimum absolute atomic E-state index is 1.03. The number of aryl methyl sites for hydroxylation is 1. The van der Waals surface area contributed by atoms with E-state index in [1.807, 2.05) is 0 Å². The van der Waals surface area contributed by atoms with Crippen LogP contribution in [0.15, 0.2) is 42.5 Å². The summed E-state index contributed by atoms with van der Waals surface area (Å²) >= 11 is 0. The van der Waals surface area contributed by atoms with Gasteiger partial charge in [-0.2, -0.15) is 0 Å². The molecule has 1 aliphatic heterocycles. The molecule has 0 fully saturated rings. The van der Waals surface area contributed by atoms with E-state index in [0.29, 0.717) is 0 Å². The molecule has 2 aromatic rings. The zero-order valence-corrected chi connectivity index (χ0v) is 10.9. The van der Waals surface area contributed by atoms with E-state index in [-0.39, 0.29) is 0 Å². The molecule has 0 radical (unpaired) electrons. The molecule has 0 atom stereocenters. The van der Waals surface area contributed by atoms with Crippen molar-refractivity contribution in [2.75, 3.05) is 6.54 Å².